The predicted octanol–water partition coefficient (Wildman–Crippen LogP) is 4.34. The van der Waals surface area contributed by atoms with Crippen molar-refractivity contribution in [3.8, 4) is 0 Å². The molecule has 1 amide bonds. The van der Waals surface area contributed by atoms with E-state index in [9.17, 15) is 18.0 Å². The van der Waals surface area contributed by atoms with Gasteiger partial charge in [0.05, 0.1) is 35.4 Å². The second kappa shape index (κ2) is 12.6. The number of carbonyl (C=O) groups is 1. The monoisotopic (exact) mass is 578 g/mol. The van der Waals surface area contributed by atoms with Crippen molar-refractivity contribution in [3.63, 3.8) is 0 Å². The first-order valence-corrected chi connectivity index (χ1v) is 13.6. The Kier molecular flexibility index (Phi) is 8.99. The Morgan fingerprint density at radius 1 is 1.05 bits per heavy atom. The van der Waals surface area contributed by atoms with Gasteiger partial charge in [-0.1, -0.05) is 11.6 Å². The van der Waals surface area contributed by atoms with Crippen LogP contribution in [0.1, 0.15) is 40.6 Å². The number of morpholine rings is 1. The molecule has 9 nitrogen and oxygen atoms in total. The maximum atomic E-state index is 13.4. The van der Waals surface area contributed by atoms with Crippen molar-refractivity contribution in [3.05, 3.63) is 58.6 Å². The Morgan fingerprint density at radius 3 is 2.45 bits per heavy atom. The maximum absolute atomic E-state index is 13.4. The maximum Gasteiger partial charge on any atom is 0.451 e. The topological polar surface area (TPSA) is 102 Å². The van der Waals surface area contributed by atoms with E-state index in [0.29, 0.717) is 54.5 Å². The van der Waals surface area contributed by atoms with Crippen LogP contribution in [0.5, 0.6) is 0 Å². The lowest BCUT2D eigenvalue weighted by Gasteiger charge is -2.34. The number of rotatable bonds is 8. The van der Waals surface area contributed by atoms with Gasteiger partial charge in [-0.2, -0.15) is 13.2 Å². The van der Waals surface area contributed by atoms with Crippen molar-refractivity contribution in [1.82, 2.24) is 25.2 Å². The first kappa shape index (κ1) is 28.5. The highest BCUT2D eigenvalue weighted by Gasteiger charge is 2.35. The summed E-state index contributed by atoms with van der Waals surface area (Å²) in [5.74, 6) is -0.390. The Morgan fingerprint density at radius 2 is 1.75 bits per heavy atom. The van der Waals surface area contributed by atoms with E-state index in [0.717, 1.165) is 45.0 Å². The number of nitrogens with one attached hydrogen (secondary N) is 2. The normalized spacial score (nSPS) is 18.0. The molecule has 214 valence electrons. The van der Waals surface area contributed by atoms with Gasteiger partial charge in [-0.15, -0.1) is 0 Å². The molecule has 4 heterocycles. The van der Waals surface area contributed by atoms with Crippen LogP contribution < -0.4 is 10.6 Å². The number of fused-ring (bicyclic) bond motifs is 1. The van der Waals surface area contributed by atoms with E-state index in [1.807, 2.05) is 17.0 Å². The fraction of sp³-hybridized carbons (Fsp3) is 0.481. The number of benzene rings is 1. The highest BCUT2D eigenvalue weighted by atomic mass is 35.5. The number of halogens is 4. The summed E-state index contributed by atoms with van der Waals surface area (Å²) in [4.78, 5) is 27.2. The lowest BCUT2D eigenvalue weighted by Crippen LogP contribution is -2.44. The number of pyridine rings is 1. The summed E-state index contributed by atoms with van der Waals surface area (Å²) in [7, 11) is 0. The van der Waals surface area contributed by atoms with Gasteiger partial charge in [0.2, 0.25) is 5.82 Å². The second-order valence-electron chi connectivity index (χ2n) is 9.83. The van der Waals surface area contributed by atoms with Crippen molar-refractivity contribution in [2.45, 2.75) is 25.1 Å². The number of nitrogens with zero attached hydrogens (tertiary/aromatic N) is 4. The van der Waals surface area contributed by atoms with E-state index in [1.54, 1.807) is 12.1 Å². The van der Waals surface area contributed by atoms with Gasteiger partial charge < -0.3 is 20.1 Å². The van der Waals surface area contributed by atoms with Crippen molar-refractivity contribution < 1.29 is 27.4 Å². The summed E-state index contributed by atoms with van der Waals surface area (Å²) in [6, 6.07) is 6.59. The van der Waals surface area contributed by atoms with Crippen LogP contribution in [0.15, 0.2) is 36.7 Å². The van der Waals surface area contributed by atoms with Gasteiger partial charge in [-0.25, -0.2) is 15.0 Å². The highest BCUT2D eigenvalue weighted by Crippen LogP contribution is 2.29. The van der Waals surface area contributed by atoms with Gasteiger partial charge >= 0.3 is 6.18 Å². The summed E-state index contributed by atoms with van der Waals surface area (Å²) in [6.45, 7) is 4.47. The van der Waals surface area contributed by atoms with Gasteiger partial charge in [0.1, 0.15) is 5.82 Å². The fourth-order valence-electron chi connectivity index (χ4n) is 4.99. The zero-order valence-electron chi connectivity index (χ0n) is 21.7. The van der Waals surface area contributed by atoms with E-state index in [1.165, 1.54) is 0 Å². The predicted molar refractivity (Wildman–Crippen MR) is 143 cm³/mol. The average Bonchev–Trinajstić information content (AvgIpc) is 2.97. The fourth-order valence-corrected chi connectivity index (χ4v) is 5.24. The van der Waals surface area contributed by atoms with Gasteiger partial charge in [0, 0.05) is 62.7 Å². The van der Waals surface area contributed by atoms with Crippen molar-refractivity contribution in [2.24, 2.45) is 5.92 Å². The molecule has 5 rings (SSSR count). The zero-order chi connectivity index (χ0) is 28.1. The van der Waals surface area contributed by atoms with Crippen molar-refractivity contribution in [2.75, 3.05) is 57.9 Å². The Balaban J connectivity index is 1.32. The molecule has 40 heavy (non-hydrogen) atoms. The quantitative estimate of drug-likeness (QED) is 0.407. The molecule has 1 atom stereocenters. The highest BCUT2D eigenvalue weighted by molar-refractivity contribution is 6.35. The lowest BCUT2D eigenvalue weighted by molar-refractivity contribution is -0.145. The van der Waals surface area contributed by atoms with Crippen LogP contribution in [-0.4, -0.2) is 78.4 Å². The van der Waals surface area contributed by atoms with Crippen LogP contribution in [0.3, 0.4) is 0 Å². The van der Waals surface area contributed by atoms with Crippen LogP contribution in [0.25, 0.3) is 10.9 Å². The molecule has 2 saturated heterocycles. The molecule has 0 saturated carbocycles. The minimum absolute atomic E-state index is 0.110. The molecule has 3 aromatic rings. The average molecular weight is 579 g/mol. The van der Waals surface area contributed by atoms with Crippen LogP contribution in [0, 0.1) is 5.92 Å². The number of aromatic nitrogens is 3. The minimum Gasteiger partial charge on any atom is -0.381 e. The number of hydrogen-bond donors (Lipinski definition) is 2. The number of ether oxygens (including phenoxy) is 2. The summed E-state index contributed by atoms with van der Waals surface area (Å²) >= 11 is 6.47. The van der Waals surface area contributed by atoms with Gasteiger partial charge in [0.25, 0.3) is 5.91 Å². The molecule has 0 aliphatic carbocycles. The largest absolute Gasteiger partial charge is 0.451 e. The van der Waals surface area contributed by atoms with E-state index in [2.05, 4.69) is 25.6 Å². The van der Waals surface area contributed by atoms with E-state index >= 15 is 0 Å². The molecule has 2 N–H and O–H groups in total. The van der Waals surface area contributed by atoms with Crippen LogP contribution in [-0.2, 0) is 15.7 Å². The third kappa shape index (κ3) is 6.80. The number of anilines is 1. The molecule has 1 unspecified atom stereocenters. The van der Waals surface area contributed by atoms with Crippen LogP contribution >= 0.6 is 11.6 Å². The van der Waals surface area contributed by atoms with Gasteiger partial charge in [-0.3, -0.25) is 9.69 Å². The number of amides is 1. The zero-order valence-corrected chi connectivity index (χ0v) is 22.5. The molecule has 13 heteroatoms. The first-order valence-electron chi connectivity index (χ1n) is 13.2. The summed E-state index contributed by atoms with van der Waals surface area (Å²) in [6.07, 6.45) is -0.312. The molecule has 0 radical (unpaired) electrons. The minimum atomic E-state index is -4.64. The third-order valence-corrected chi connectivity index (χ3v) is 7.53. The molecular weight excluding hydrogens is 549 g/mol. The summed E-state index contributed by atoms with van der Waals surface area (Å²) < 4.78 is 49.8. The van der Waals surface area contributed by atoms with E-state index < -0.39 is 23.9 Å². The lowest BCUT2D eigenvalue weighted by atomic mass is 10.0. The SMILES string of the molecule is O=C(NCC(c1cnc(C(F)(F)F)nc1)N1CCOCC1)c1c(Cl)ccc2nc(NCC3CCOCC3)ccc12. The Bertz CT molecular complexity index is 1320. The first-order chi connectivity index (χ1) is 19.3. The van der Waals surface area contributed by atoms with Crippen molar-refractivity contribution in [1.29, 1.82) is 0 Å². The van der Waals surface area contributed by atoms with Crippen LogP contribution in [0.4, 0.5) is 19.0 Å². The smallest absolute Gasteiger partial charge is 0.381 e. The number of alkyl halides is 3. The summed E-state index contributed by atoms with van der Waals surface area (Å²) in [5, 5.41) is 7.17. The molecule has 2 fully saturated rings. The number of hydrogen-bond acceptors (Lipinski definition) is 8. The molecule has 2 aliphatic heterocycles. The van der Waals surface area contributed by atoms with E-state index in [4.69, 9.17) is 21.1 Å². The van der Waals surface area contributed by atoms with Crippen molar-refractivity contribution >= 4 is 34.2 Å². The molecule has 2 aromatic heterocycles. The summed E-state index contributed by atoms with van der Waals surface area (Å²) in [5.41, 5.74) is 1.36. The molecular formula is C27H30ClF3N6O3. The molecule has 0 spiro atoms. The third-order valence-electron chi connectivity index (χ3n) is 7.21. The van der Waals surface area contributed by atoms with E-state index in [-0.39, 0.29) is 17.1 Å². The van der Waals surface area contributed by atoms with Gasteiger partial charge in [0.15, 0.2) is 0 Å². The Labute approximate surface area is 234 Å². The second-order valence-corrected chi connectivity index (χ2v) is 10.2. The number of carbonyl (C=O) groups excluding carboxylic acids is 1. The molecule has 2 aliphatic rings. The molecule has 1 aromatic carbocycles. The Hall–Kier alpha value is -3.06. The molecule has 0 bridgehead atoms. The van der Waals surface area contributed by atoms with Crippen LogP contribution in [0.2, 0.25) is 5.02 Å². The van der Waals surface area contributed by atoms with Gasteiger partial charge in [-0.05, 0) is 43.0 Å². The standard InChI is InChI=1S/C27H30ClF3N6O3/c28-20-2-3-21-19(1-4-23(36-21)32-13-17-5-9-39-10-6-17)24(20)25(38)33-16-22(37-7-11-40-12-8-37)18-14-34-26(35-15-18)27(29,30)31/h1-4,14-15,17,22H,5-13,16H2,(H,32,36)(H,33,38).